The fraction of sp³-hybridized carbons (Fsp3) is 0.800. The normalized spacial score (nSPS) is 47.3. The maximum atomic E-state index is 10.6. The zero-order chi connectivity index (χ0) is 17.8. The van der Waals surface area contributed by atoms with Crippen LogP contribution in [0.2, 0.25) is 0 Å². The largest absolute Gasteiger partial charge is 0.396 e. The second-order valence-corrected chi connectivity index (χ2v) is 8.88. The molecule has 0 aromatic carbocycles. The Morgan fingerprint density at radius 2 is 1.88 bits per heavy atom. The van der Waals surface area contributed by atoms with Gasteiger partial charge in [0.1, 0.15) is 0 Å². The Morgan fingerprint density at radius 1 is 1.21 bits per heavy atom. The van der Waals surface area contributed by atoms with Gasteiger partial charge in [0.05, 0.1) is 25.4 Å². The highest BCUT2D eigenvalue weighted by Gasteiger charge is 2.62. The molecule has 24 heavy (non-hydrogen) atoms. The van der Waals surface area contributed by atoms with E-state index in [-0.39, 0.29) is 30.0 Å². The van der Waals surface area contributed by atoms with E-state index < -0.39 is 17.6 Å². The second-order valence-electron chi connectivity index (χ2n) is 8.88. The summed E-state index contributed by atoms with van der Waals surface area (Å²) in [6.45, 7) is 7.79. The van der Waals surface area contributed by atoms with Crippen molar-refractivity contribution in [3.05, 3.63) is 24.3 Å². The van der Waals surface area contributed by atoms with Gasteiger partial charge in [-0.1, -0.05) is 31.6 Å². The van der Waals surface area contributed by atoms with E-state index in [0.717, 1.165) is 25.7 Å². The Balaban J connectivity index is 2.04. The highest BCUT2D eigenvalue weighted by molar-refractivity contribution is 5.27. The van der Waals surface area contributed by atoms with Gasteiger partial charge >= 0.3 is 0 Å². The van der Waals surface area contributed by atoms with Gasteiger partial charge in [-0.2, -0.15) is 0 Å². The third kappa shape index (κ3) is 2.34. The zero-order valence-electron chi connectivity index (χ0n) is 14.9. The molecule has 4 heteroatoms. The van der Waals surface area contributed by atoms with Crippen molar-refractivity contribution in [1.29, 1.82) is 0 Å². The third-order valence-corrected chi connectivity index (χ3v) is 7.60. The van der Waals surface area contributed by atoms with E-state index in [0.29, 0.717) is 12.3 Å². The molecule has 2 saturated carbocycles. The number of aliphatic hydroxyl groups is 4. The van der Waals surface area contributed by atoms with Crippen LogP contribution in [0.15, 0.2) is 24.3 Å². The van der Waals surface area contributed by atoms with Crippen LogP contribution in [-0.2, 0) is 0 Å². The van der Waals surface area contributed by atoms with Gasteiger partial charge in [0, 0.05) is 10.8 Å². The summed E-state index contributed by atoms with van der Waals surface area (Å²) in [4.78, 5) is 0. The number of rotatable bonds is 3. The van der Waals surface area contributed by atoms with Crippen LogP contribution in [0.4, 0.5) is 0 Å². The summed E-state index contributed by atoms with van der Waals surface area (Å²) in [5.41, 5.74) is 0.233. The third-order valence-electron chi connectivity index (χ3n) is 7.60. The highest BCUT2D eigenvalue weighted by atomic mass is 16.3. The van der Waals surface area contributed by atoms with Crippen molar-refractivity contribution in [3.63, 3.8) is 0 Å². The van der Waals surface area contributed by atoms with E-state index in [9.17, 15) is 20.4 Å². The predicted octanol–water partition coefficient (Wildman–Crippen LogP) is 2.03. The molecule has 0 aromatic rings. The van der Waals surface area contributed by atoms with Crippen molar-refractivity contribution in [2.75, 3.05) is 13.2 Å². The molecule has 6 atom stereocenters. The molecule has 0 bridgehead atoms. The number of fused-ring (bicyclic) bond motifs is 3. The van der Waals surface area contributed by atoms with Crippen LogP contribution in [0.1, 0.15) is 46.0 Å². The summed E-state index contributed by atoms with van der Waals surface area (Å²) in [7, 11) is 0. The minimum absolute atomic E-state index is 0.00800. The van der Waals surface area contributed by atoms with Crippen LogP contribution in [0, 0.1) is 28.1 Å². The minimum atomic E-state index is -1.07. The molecule has 0 heterocycles. The molecule has 0 spiro atoms. The van der Waals surface area contributed by atoms with Crippen molar-refractivity contribution < 1.29 is 20.4 Å². The van der Waals surface area contributed by atoms with Crippen molar-refractivity contribution in [1.82, 2.24) is 0 Å². The quantitative estimate of drug-likeness (QED) is 0.595. The molecule has 4 N–H and O–H groups in total. The standard InChI is InChI=1S/C20H32O4/c1-4-18(2)8-7-14-13(9-18)5-6-16-19(14,3)10-15(23)17(24)20(16,11-21)12-22/h4,9,14-17,21-24H,1,5-8,10-12H2,2-3H3/t14-,15+,16+,17-,18-,19+/m0/s1. The van der Waals surface area contributed by atoms with Crippen LogP contribution in [0.25, 0.3) is 0 Å². The lowest BCUT2D eigenvalue weighted by molar-refractivity contribution is -0.221. The maximum absolute atomic E-state index is 10.6. The maximum Gasteiger partial charge on any atom is 0.0902 e. The number of hydrogen-bond donors (Lipinski definition) is 4. The summed E-state index contributed by atoms with van der Waals surface area (Å²) in [5.74, 6) is 0.345. The average Bonchev–Trinajstić information content (AvgIpc) is 2.56. The monoisotopic (exact) mass is 336 g/mol. The first kappa shape index (κ1) is 18.1. The molecule has 4 nitrogen and oxygen atoms in total. The summed E-state index contributed by atoms with van der Waals surface area (Å²) in [5, 5.41) is 41.2. The molecule has 0 aliphatic heterocycles. The van der Waals surface area contributed by atoms with Gasteiger partial charge in [-0.3, -0.25) is 0 Å². The lowest BCUT2D eigenvalue weighted by Gasteiger charge is -2.62. The Kier molecular flexibility index (Phi) is 4.49. The van der Waals surface area contributed by atoms with E-state index in [1.165, 1.54) is 5.57 Å². The van der Waals surface area contributed by atoms with Gasteiger partial charge in [-0.15, -0.1) is 6.58 Å². The molecule has 3 rings (SSSR count). The van der Waals surface area contributed by atoms with Crippen molar-refractivity contribution in [2.24, 2.45) is 28.1 Å². The van der Waals surface area contributed by atoms with Gasteiger partial charge < -0.3 is 20.4 Å². The number of aliphatic hydroxyl groups excluding tert-OH is 4. The van der Waals surface area contributed by atoms with Crippen LogP contribution < -0.4 is 0 Å². The van der Waals surface area contributed by atoms with Crippen LogP contribution >= 0.6 is 0 Å². The van der Waals surface area contributed by atoms with E-state index in [1.807, 2.05) is 6.08 Å². The summed E-state index contributed by atoms with van der Waals surface area (Å²) < 4.78 is 0. The number of hydrogen-bond acceptors (Lipinski definition) is 4. The predicted molar refractivity (Wildman–Crippen MR) is 93.2 cm³/mol. The van der Waals surface area contributed by atoms with Gasteiger partial charge in [-0.25, -0.2) is 0 Å². The van der Waals surface area contributed by atoms with E-state index >= 15 is 0 Å². The molecule has 3 aliphatic rings. The second kappa shape index (κ2) is 5.94. The molecule has 3 aliphatic carbocycles. The Hall–Kier alpha value is -0.680. The molecule has 0 radical (unpaired) electrons. The van der Waals surface area contributed by atoms with Gasteiger partial charge in [0.15, 0.2) is 0 Å². The van der Waals surface area contributed by atoms with Crippen LogP contribution in [-0.4, -0.2) is 45.8 Å². The van der Waals surface area contributed by atoms with Gasteiger partial charge in [0.2, 0.25) is 0 Å². The minimum Gasteiger partial charge on any atom is -0.396 e. The first-order chi connectivity index (χ1) is 11.3. The van der Waals surface area contributed by atoms with Gasteiger partial charge in [0.25, 0.3) is 0 Å². The van der Waals surface area contributed by atoms with Gasteiger partial charge in [-0.05, 0) is 49.4 Å². The van der Waals surface area contributed by atoms with E-state index in [2.05, 4.69) is 26.5 Å². The van der Waals surface area contributed by atoms with Crippen molar-refractivity contribution in [2.45, 2.75) is 58.2 Å². The Bertz CT molecular complexity index is 538. The first-order valence-electron chi connectivity index (χ1n) is 9.19. The zero-order valence-corrected chi connectivity index (χ0v) is 14.9. The molecule has 0 aromatic heterocycles. The van der Waals surface area contributed by atoms with Crippen LogP contribution in [0.5, 0.6) is 0 Å². The van der Waals surface area contributed by atoms with Crippen LogP contribution in [0.3, 0.4) is 0 Å². The molecule has 0 saturated heterocycles. The molecular formula is C20H32O4. The fourth-order valence-electron chi connectivity index (χ4n) is 6.12. The SMILES string of the molecule is C=C[C@]1(C)C=C2CC[C@H]3C(CO)(CO)[C@@H](O)[C@H](O)C[C@]3(C)[C@H]2CC1. The smallest absolute Gasteiger partial charge is 0.0902 e. The lowest BCUT2D eigenvalue weighted by atomic mass is 9.44. The molecular weight excluding hydrogens is 304 g/mol. The Morgan fingerprint density at radius 3 is 2.46 bits per heavy atom. The van der Waals surface area contributed by atoms with Crippen molar-refractivity contribution in [3.8, 4) is 0 Å². The average molecular weight is 336 g/mol. The summed E-state index contributed by atoms with van der Waals surface area (Å²) in [6.07, 6.45) is 6.73. The lowest BCUT2D eigenvalue weighted by Crippen LogP contribution is -2.65. The first-order valence-corrected chi connectivity index (χ1v) is 9.19. The molecule has 0 unspecified atom stereocenters. The molecule has 136 valence electrons. The molecule has 2 fully saturated rings. The Labute approximate surface area is 144 Å². The molecule has 0 amide bonds. The summed E-state index contributed by atoms with van der Waals surface area (Å²) in [6, 6.07) is 0. The number of allylic oxidation sites excluding steroid dienone is 3. The van der Waals surface area contributed by atoms with E-state index in [1.54, 1.807) is 0 Å². The van der Waals surface area contributed by atoms with Crippen molar-refractivity contribution >= 4 is 0 Å². The highest BCUT2D eigenvalue weighted by Crippen LogP contribution is 2.63. The van der Waals surface area contributed by atoms with E-state index in [4.69, 9.17) is 0 Å². The topological polar surface area (TPSA) is 80.9 Å². The fourth-order valence-corrected chi connectivity index (χ4v) is 6.12. The summed E-state index contributed by atoms with van der Waals surface area (Å²) >= 11 is 0.